The molecular weight excluding hydrogens is 284 g/mol. The number of Topliss-reactive ketones (excluding diaryl/α,β-unsaturated/α-hetero) is 1. The van der Waals surface area contributed by atoms with Gasteiger partial charge in [0.1, 0.15) is 6.10 Å². The average molecular weight is 306 g/mol. The Labute approximate surface area is 130 Å². The molecule has 2 amide bonds. The van der Waals surface area contributed by atoms with Gasteiger partial charge in [0.25, 0.3) is 0 Å². The maximum atomic E-state index is 11.8. The second-order valence-electron chi connectivity index (χ2n) is 5.27. The molecule has 0 spiro atoms. The highest BCUT2D eigenvalue weighted by Crippen LogP contribution is 2.22. The number of carbonyl (C=O) groups excluding carboxylic acids is 3. The van der Waals surface area contributed by atoms with Crippen LogP contribution in [0.3, 0.4) is 0 Å². The van der Waals surface area contributed by atoms with Crippen LogP contribution in [-0.2, 0) is 14.3 Å². The molecule has 0 heterocycles. The van der Waals surface area contributed by atoms with E-state index in [0.717, 1.165) is 5.56 Å². The van der Waals surface area contributed by atoms with Gasteiger partial charge >= 0.3 is 6.09 Å². The van der Waals surface area contributed by atoms with Crippen LogP contribution in [0.15, 0.2) is 30.3 Å². The lowest BCUT2D eigenvalue weighted by Crippen LogP contribution is -2.31. The normalized spacial score (nSPS) is 11.8. The highest BCUT2D eigenvalue weighted by molar-refractivity contribution is 5.87. The van der Waals surface area contributed by atoms with Crippen molar-refractivity contribution in [3.05, 3.63) is 35.9 Å². The molecule has 0 saturated carbocycles. The lowest BCUT2D eigenvalue weighted by Gasteiger charge is -2.16. The first-order chi connectivity index (χ1) is 10.4. The highest BCUT2D eigenvalue weighted by Gasteiger charge is 2.17. The maximum absolute atomic E-state index is 11.8. The number of rotatable bonds is 8. The summed E-state index contributed by atoms with van der Waals surface area (Å²) in [6.07, 6.45) is -1.03. The van der Waals surface area contributed by atoms with E-state index >= 15 is 0 Å². The summed E-state index contributed by atoms with van der Waals surface area (Å²) in [5.74, 6) is -0.403. The van der Waals surface area contributed by atoms with Crippen LogP contribution in [0.1, 0.15) is 38.4 Å². The molecule has 6 nitrogen and oxygen atoms in total. The number of nitrogens with two attached hydrogens (primary N) is 1. The molecule has 1 aromatic carbocycles. The zero-order valence-corrected chi connectivity index (χ0v) is 12.9. The first-order valence-electron chi connectivity index (χ1n) is 7.20. The number of primary amides is 1. The lowest BCUT2D eigenvalue weighted by atomic mass is 10.0. The Hall–Kier alpha value is -2.37. The zero-order chi connectivity index (χ0) is 16.5. The monoisotopic (exact) mass is 306 g/mol. The Balaban J connectivity index is 2.51. The van der Waals surface area contributed by atoms with Crippen molar-refractivity contribution in [1.82, 2.24) is 5.32 Å². The largest absolute Gasteiger partial charge is 0.441 e. The SMILES string of the molecule is CC(C)C(=O)CNC(=O)CCC(OC(N)=O)c1ccccc1. The number of hydrogen-bond acceptors (Lipinski definition) is 4. The molecular formula is C16H22N2O4. The van der Waals surface area contributed by atoms with Gasteiger partial charge in [-0.2, -0.15) is 0 Å². The van der Waals surface area contributed by atoms with Gasteiger partial charge in [-0.1, -0.05) is 44.2 Å². The molecule has 0 aromatic heterocycles. The molecule has 1 atom stereocenters. The molecule has 0 aliphatic heterocycles. The third kappa shape index (κ3) is 6.39. The summed E-state index contributed by atoms with van der Waals surface area (Å²) in [4.78, 5) is 34.2. The van der Waals surface area contributed by atoms with E-state index in [4.69, 9.17) is 10.5 Å². The summed E-state index contributed by atoms with van der Waals surface area (Å²) in [7, 11) is 0. The van der Waals surface area contributed by atoms with Crippen molar-refractivity contribution < 1.29 is 19.1 Å². The minimum absolute atomic E-state index is 0.0170. The van der Waals surface area contributed by atoms with Crippen molar-refractivity contribution >= 4 is 17.8 Å². The van der Waals surface area contributed by atoms with Gasteiger partial charge in [-0.3, -0.25) is 9.59 Å². The molecule has 1 aromatic rings. The van der Waals surface area contributed by atoms with E-state index in [1.54, 1.807) is 26.0 Å². The molecule has 120 valence electrons. The van der Waals surface area contributed by atoms with Gasteiger partial charge in [0.05, 0.1) is 6.54 Å². The third-order valence-corrected chi connectivity index (χ3v) is 3.17. The van der Waals surface area contributed by atoms with E-state index in [1.165, 1.54) is 0 Å². The first-order valence-corrected chi connectivity index (χ1v) is 7.20. The molecule has 0 saturated heterocycles. The Kier molecular flexibility index (Phi) is 7.08. The lowest BCUT2D eigenvalue weighted by molar-refractivity contribution is -0.126. The van der Waals surface area contributed by atoms with Crippen molar-refractivity contribution in [3.8, 4) is 0 Å². The summed E-state index contributed by atoms with van der Waals surface area (Å²) in [5, 5.41) is 2.56. The van der Waals surface area contributed by atoms with Gasteiger partial charge in [-0.05, 0) is 12.0 Å². The van der Waals surface area contributed by atoms with E-state index in [0.29, 0.717) is 6.42 Å². The van der Waals surface area contributed by atoms with Gasteiger partial charge in [0, 0.05) is 12.3 Å². The standard InChI is InChI=1S/C16H22N2O4/c1-11(2)13(19)10-18-15(20)9-8-14(22-16(17)21)12-6-4-3-5-7-12/h3-7,11,14H,8-10H2,1-2H3,(H2,17,21)(H,18,20). The minimum atomic E-state index is -0.885. The summed E-state index contributed by atoms with van der Waals surface area (Å²) >= 11 is 0. The van der Waals surface area contributed by atoms with Crippen LogP contribution in [-0.4, -0.2) is 24.3 Å². The number of benzene rings is 1. The fraction of sp³-hybridized carbons (Fsp3) is 0.438. The van der Waals surface area contributed by atoms with Crippen LogP contribution in [0.25, 0.3) is 0 Å². The van der Waals surface area contributed by atoms with Crippen LogP contribution in [0.4, 0.5) is 4.79 Å². The number of amides is 2. The minimum Gasteiger partial charge on any atom is -0.441 e. The van der Waals surface area contributed by atoms with Crippen molar-refractivity contribution in [2.45, 2.75) is 32.8 Å². The Bertz CT molecular complexity index is 514. The number of nitrogens with one attached hydrogen (secondary N) is 1. The Morgan fingerprint density at radius 1 is 1.18 bits per heavy atom. The second kappa shape index (κ2) is 8.81. The number of ether oxygens (including phenoxy) is 1. The van der Waals surface area contributed by atoms with E-state index < -0.39 is 12.2 Å². The van der Waals surface area contributed by atoms with Gasteiger partial charge in [0.2, 0.25) is 5.91 Å². The van der Waals surface area contributed by atoms with Crippen LogP contribution in [0.2, 0.25) is 0 Å². The van der Waals surface area contributed by atoms with Crippen molar-refractivity contribution in [2.24, 2.45) is 11.7 Å². The van der Waals surface area contributed by atoms with Gasteiger partial charge < -0.3 is 15.8 Å². The van der Waals surface area contributed by atoms with Crippen LogP contribution >= 0.6 is 0 Å². The molecule has 0 aliphatic carbocycles. The smallest absolute Gasteiger partial charge is 0.405 e. The molecule has 3 N–H and O–H groups in total. The molecule has 1 unspecified atom stereocenters. The van der Waals surface area contributed by atoms with Crippen LogP contribution < -0.4 is 11.1 Å². The second-order valence-corrected chi connectivity index (χ2v) is 5.27. The fourth-order valence-electron chi connectivity index (χ4n) is 1.84. The first kappa shape index (κ1) is 17.7. The summed E-state index contributed by atoms with van der Waals surface area (Å²) in [6.45, 7) is 3.57. The zero-order valence-electron chi connectivity index (χ0n) is 12.9. The average Bonchev–Trinajstić information content (AvgIpc) is 2.49. The maximum Gasteiger partial charge on any atom is 0.405 e. The molecule has 0 radical (unpaired) electrons. The number of carbonyl (C=O) groups is 3. The number of ketones is 1. The van der Waals surface area contributed by atoms with Crippen molar-refractivity contribution in [2.75, 3.05) is 6.54 Å². The Morgan fingerprint density at radius 3 is 2.36 bits per heavy atom. The van der Waals surface area contributed by atoms with E-state index in [2.05, 4.69) is 5.32 Å². The van der Waals surface area contributed by atoms with E-state index in [1.807, 2.05) is 18.2 Å². The summed E-state index contributed by atoms with van der Waals surface area (Å²) in [5.41, 5.74) is 5.83. The quantitative estimate of drug-likeness (QED) is 0.766. The fourth-order valence-corrected chi connectivity index (χ4v) is 1.84. The summed E-state index contributed by atoms with van der Waals surface area (Å²) < 4.78 is 5.04. The number of hydrogen-bond donors (Lipinski definition) is 2. The van der Waals surface area contributed by atoms with Gasteiger partial charge in [0.15, 0.2) is 5.78 Å². The van der Waals surface area contributed by atoms with Crippen LogP contribution in [0.5, 0.6) is 0 Å². The third-order valence-electron chi connectivity index (χ3n) is 3.17. The van der Waals surface area contributed by atoms with E-state index in [9.17, 15) is 14.4 Å². The molecule has 0 fully saturated rings. The molecule has 22 heavy (non-hydrogen) atoms. The van der Waals surface area contributed by atoms with Crippen LogP contribution in [0, 0.1) is 5.92 Å². The molecule has 0 aliphatic rings. The predicted octanol–water partition coefficient (Wildman–Crippen LogP) is 1.94. The van der Waals surface area contributed by atoms with Crippen molar-refractivity contribution in [1.29, 1.82) is 0 Å². The summed E-state index contributed by atoms with van der Waals surface area (Å²) in [6, 6.07) is 9.07. The topological polar surface area (TPSA) is 98.5 Å². The van der Waals surface area contributed by atoms with Crippen molar-refractivity contribution in [3.63, 3.8) is 0 Å². The molecule has 0 bridgehead atoms. The Morgan fingerprint density at radius 2 is 1.82 bits per heavy atom. The highest BCUT2D eigenvalue weighted by atomic mass is 16.6. The van der Waals surface area contributed by atoms with E-state index in [-0.39, 0.29) is 30.6 Å². The predicted molar refractivity (Wildman–Crippen MR) is 81.9 cm³/mol. The molecule has 6 heteroatoms. The van der Waals surface area contributed by atoms with Gasteiger partial charge in [-0.15, -0.1) is 0 Å². The van der Waals surface area contributed by atoms with Gasteiger partial charge in [-0.25, -0.2) is 4.79 Å². The molecule has 1 rings (SSSR count).